The Balaban J connectivity index is 1.67. The zero-order valence-corrected chi connectivity index (χ0v) is 25.3. The van der Waals surface area contributed by atoms with Crippen LogP contribution < -0.4 is 15.4 Å². The molecule has 3 N–H and O–H groups in total. The number of phenols is 1. The summed E-state index contributed by atoms with van der Waals surface area (Å²) in [5.41, 5.74) is 0.813. The second-order valence-electron chi connectivity index (χ2n) is 9.88. The first-order valence-electron chi connectivity index (χ1n) is 13.3. The molecule has 44 heavy (non-hydrogen) atoms. The Bertz CT molecular complexity index is 1640. The Morgan fingerprint density at radius 3 is 2.14 bits per heavy atom. The number of phenolic OH excluding ortho intramolecular Hbond substituents is 1. The number of nitrogens with zero attached hydrogens (tertiary/aromatic N) is 5. The molecule has 0 spiro atoms. The lowest BCUT2D eigenvalue weighted by molar-refractivity contribution is -0.605. The van der Waals surface area contributed by atoms with Crippen LogP contribution in [0.1, 0.15) is 28.8 Å². The zero-order valence-electron chi connectivity index (χ0n) is 23.8. The third kappa shape index (κ3) is 7.67. The molecule has 3 amide bonds. The van der Waals surface area contributed by atoms with Crippen molar-refractivity contribution >= 4 is 45.4 Å². The van der Waals surface area contributed by atoms with Crippen LogP contribution in [-0.2, 0) is 19.6 Å². The fourth-order valence-electron chi connectivity index (χ4n) is 4.72. The van der Waals surface area contributed by atoms with Crippen molar-refractivity contribution in [2.45, 2.75) is 24.9 Å². The molecule has 0 bridgehead atoms. The number of nitrogens with one attached hydrogen (secondary N) is 2. The molecule has 1 fully saturated rings. The molecule has 3 aromatic rings. The molecule has 2 atom stereocenters. The third-order valence-corrected chi connectivity index (χ3v) is 8.71. The monoisotopic (exact) mass is 643 g/mol. The smallest absolute Gasteiger partial charge is 0.257 e. The number of amides is 3. The lowest BCUT2D eigenvalue weighted by atomic mass is 10.00. The molecule has 14 nitrogen and oxygen atoms in total. The summed E-state index contributed by atoms with van der Waals surface area (Å²) in [5, 5.41) is 27.6. The van der Waals surface area contributed by atoms with Crippen LogP contribution in [0.4, 0.5) is 0 Å². The number of benzene rings is 1. The average molecular weight is 644 g/mol. The van der Waals surface area contributed by atoms with E-state index in [9.17, 15) is 33.1 Å². The number of carbonyl (C=O) groups excluding carboxylic acids is 3. The van der Waals surface area contributed by atoms with Crippen LogP contribution in [0.5, 0.6) is 5.75 Å². The van der Waals surface area contributed by atoms with Gasteiger partial charge in [-0.15, -0.1) is 0 Å². The molecule has 4 rings (SSSR count). The second-order valence-corrected chi connectivity index (χ2v) is 12.1. The average Bonchev–Trinajstić information content (AvgIpc) is 3.00. The lowest BCUT2D eigenvalue weighted by Crippen LogP contribution is -2.62. The predicted octanol–water partition coefficient (Wildman–Crippen LogP) is 0.904. The van der Waals surface area contributed by atoms with Gasteiger partial charge in [0.15, 0.2) is 18.2 Å². The van der Waals surface area contributed by atoms with Crippen LogP contribution in [0.25, 0.3) is 17.5 Å². The number of rotatable bonds is 9. The van der Waals surface area contributed by atoms with Crippen molar-refractivity contribution < 1.29 is 32.6 Å². The van der Waals surface area contributed by atoms with Crippen LogP contribution in [0.3, 0.4) is 0 Å². The van der Waals surface area contributed by atoms with Crippen LogP contribution >= 0.6 is 11.6 Å². The van der Waals surface area contributed by atoms with Crippen LogP contribution in [0.15, 0.2) is 60.5 Å². The Morgan fingerprint density at radius 1 is 1.05 bits per heavy atom. The maximum absolute atomic E-state index is 13.9. The third-order valence-electron chi connectivity index (χ3n) is 6.98. The molecule has 0 radical (unpaired) electrons. The predicted molar refractivity (Wildman–Crippen MR) is 160 cm³/mol. The summed E-state index contributed by atoms with van der Waals surface area (Å²) in [6.07, 6.45) is 5.86. The summed E-state index contributed by atoms with van der Waals surface area (Å²) in [4.78, 5) is 48.8. The number of carbonyl (C=O) groups is 3. The zero-order chi connectivity index (χ0) is 32.0. The minimum Gasteiger partial charge on any atom is -0.619 e. The maximum Gasteiger partial charge on any atom is 0.257 e. The van der Waals surface area contributed by atoms with E-state index < -0.39 is 39.8 Å². The van der Waals surface area contributed by atoms with E-state index in [4.69, 9.17) is 11.6 Å². The fraction of sp³-hybridized carbons (Fsp3) is 0.286. The first kappa shape index (κ1) is 32.3. The molecule has 1 saturated heterocycles. The Morgan fingerprint density at radius 2 is 1.61 bits per heavy atom. The van der Waals surface area contributed by atoms with Gasteiger partial charge in [0.1, 0.15) is 5.75 Å². The molecule has 2 aromatic heterocycles. The molecule has 3 heterocycles. The highest BCUT2D eigenvalue weighted by Gasteiger charge is 2.42. The number of piperazine rings is 1. The molecule has 16 heteroatoms. The number of aromatic hydroxyl groups is 1. The van der Waals surface area contributed by atoms with E-state index in [0.717, 1.165) is 9.71 Å². The first-order valence-corrected chi connectivity index (χ1v) is 15.2. The van der Waals surface area contributed by atoms with Gasteiger partial charge in [-0.3, -0.25) is 14.4 Å². The molecule has 1 aliphatic rings. The topological polar surface area (TPSA) is 189 Å². The molecular formula is C28H30ClN7O7S. The molecule has 2 unspecified atom stereocenters. The normalized spacial score (nSPS) is 17.4. The number of halogens is 1. The molecular weight excluding hydrogens is 614 g/mol. The second kappa shape index (κ2) is 13.8. The van der Waals surface area contributed by atoms with Crippen LogP contribution in [0, 0.1) is 5.21 Å². The van der Waals surface area contributed by atoms with E-state index in [1.807, 2.05) is 0 Å². The molecule has 1 aromatic carbocycles. The van der Waals surface area contributed by atoms with Crippen molar-refractivity contribution in [3.63, 3.8) is 0 Å². The SMILES string of the molecule is CNC(=O)CC1CN(S(=O)(=O)/C=C/c2ccc(Cl)cc2O)CC(CC(=O)NC)N1C(=O)c1cnc(-c2cc[n+]([O-])cc2)nc1. The number of sulfonamides is 1. The van der Waals surface area contributed by atoms with Gasteiger partial charge in [-0.2, -0.15) is 9.04 Å². The van der Waals surface area contributed by atoms with E-state index in [1.165, 1.54) is 80.2 Å². The van der Waals surface area contributed by atoms with E-state index in [2.05, 4.69) is 20.6 Å². The van der Waals surface area contributed by atoms with Crippen molar-refractivity contribution in [3.8, 4) is 17.1 Å². The highest BCUT2D eigenvalue weighted by molar-refractivity contribution is 7.92. The summed E-state index contributed by atoms with van der Waals surface area (Å²) in [7, 11) is -1.32. The lowest BCUT2D eigenvalue weighted by Gasteiger charge is -2.45. The highest BCUT2D eigenvalue weighted by Crippen LogP contribution is 2.28. The molecule has 1 aliphatic heterocycles. The minimum absolute atomic E-state index is 0.0572. The van der Waals surface area contributed by atoms with Crippen LogP contribution in [-0.4, -0.2) is 89.7 Å². The number of hydrogen-bond acceptors (Lipinski definition) is 9. The first-order chi connectivity index (χ1) is 20.9. The summed E-state index contributed by atoms with van der Waals surface area (Å²) >= 11 is 5.87. The van der Waals surface area contributed by atoms with Gasteiger partial charge in [-0.1, -0.05) is 11.6 Å². The van der Waals surface area contributed by atoms with Crippen molar-refractivity contribution in [1.82, 2.24) is 29.8 Å². The van der Waals surface area contributed by atoms with Gasteiger partial charge in [0, 0.05) is 86.1 Å². The van der Waals surface area contributed by atoms with Crippen molar-refractivity contribution in [2.24, 2.45) is 0 Å². The quantitative estimate of drug-likeness (QED) is 0.225. The standard InChI is InChI=1S/C28H30ClN7O7S/c1-30-25(38)12-22-16-35(44(42,43)10-7-18-3-4-21(29)11-24(18)37)17-23(13-26(39)31-2)36(22)28(40)20-14-32-27(33-15-20)19-5-8-34(41)9-6-19/h3-11,14-15,22-23,37H,12-13,16-17H2,1-2H3,(H,30,38)(H,31,39)/b10-7+. The minimum atomic E-state index is -4.15. The van der Waals surface area contributed by atoms with Gasteiger partial charge >= 0.3 is 0 Å². The van der Waals surface area contributed by atoms with E-state index in [0.29, 0.717) is 10.3 Å². The van der Waals surface area contributed by atoms with Gasteiger partial charge in [0.25, 0.3) is 5.91 Å². The Kier molecular flexibility index (Phi) is 10.1. The molecule has 0 saturated carbocycles. The van der Waals surface area contributed by atoms with E-state index in [-0.39, 0.29) is 53.7 Å². The van der Waals surface area contributed by atoms with E-state index in [1.54, 1.807) is 0 Å². The van der Waals surface area contributed by atoms with Gasteiger partial charge in [0.05, 0.1) is 17.6 Å². The summed E-state index contributed by atoms with van der Waals surface area (Å²) in [6, 6.07) is 5.34. The Hall–Kier alpha value is -4.60. The number of hydrogen-bond donors (Lipinski definition) is 3. The van der Waals surface area contributed by atoms with Gasteiger partial charge in [0.2, 0.25) is 21.8 Å². The van der Waals surface area contributed by atoms with E-state index >= 15 is 0 Å². The highest BCUT2D eigenvalue weighted by atomic mass is 35.5. The summed E-state index contributed by atoms with van der Waals surface area (Å²) in [6.45, 7) is -0.498. The Labute approximate surface area is 258 Å². The molecule has 0 aliphatic carbocycles. The van der Waals surface area contributed by atoms with Crippen molar-refractivity contribution in [1.29, 1.82) is 0 Å². The number of aromatic nitrogens is 3. The summed E-state index contributed by atoms with van der Waals surface area (Å²) in [5.74, 6) is -1.44. The van der Waals surface area contributed by atoms with Gasteiger partial charge in [-0.25, -0.2) is 18.4 Å². The van der Waals surface area contributed by atoms with Crippen molar-refractivity contribution in [2.75, 3.05) is 27.2 Å². The molecule has 232 valence electrons. The maximum atomic E-state index is 13.9. The van der Waals surface area contributed by atoms with Gasteiger partial charge in [-0.05, 0) is 24.3 Å². The number of pyridine rings is 1. The largest absolute Gasteiger partial charge is 0.619 e. The summed E-state index contributed by atoms with van der Waals surface area (Å²) < 4.78 is 28.6. The van der Waals surface area contributed by atoms with Crippen LogP contribution in [0.2, 0.25) is 5.02 Å². The van der Waals surface area contributed by atoms with Crippen molar-refractivity contribution in [3.05, 3.63) is 81.9 Å². The fourth-order valence-corrected chi connectivity index (χ4v) is 6.13. The van der Waals surface area contributed by atoms with Gasteiger partial charge < -0.3 is 25.8 Å².